The molecule has 9 rings (SSSR count). The molecule has 0 spiro atoms. The van der Waals surface area contributed by atoms with Gasteiger partial charge in [0.05, 0.1) is 22.3 Å². The Morgan fingerprint density at radius 3 is 2.10 bits per heavy atom. The molecule has 7 aromatic carbocycles. The van der Waals surface area contributed by atoms with Crippen molar-refractivity contribution >= 4 is 11.0 Å². The van der Waals surface area contributed by atoms with E-state index in [1.54, 1.807) is 24.4 Å². The molecule has 0 radical (unpaired) electrons. The maximum Gasteiger partial charge on any atom is 0.148 e. The molecule has 0 atom stereocenters. The quantitative estimate of drug-likeness (QED) is 0.147. The SMILES string of the molecule is [2H]C([2H])([2H])c1ccc(-c2ccnc(-c3[c-]c(-c4cccc5c4nc(-c4cc(C)cc(C)c4O)n5-c4ccc(-c5c(C(C)C)cccc5C([2H])(C)C)cc4C([2H])([2H])[2H])cc(-c4ccccc4)c3)c2)cc1.[Pt]. The third-order valence-electron chi connectivity index (χ3n) is 11.7. The van der Waals surface area contributed by atoms with Gasteiger partial charge in [0.25, 0.3) is 0 Å². The van der Waals surface area contributed by atoms with Gasteiger partial charge in [-0.2, -0.15) is 0 Å². The summed E-state index contributed by atoms with van der Waals surface area (Å²) in [6.07, 6.45) is 1.74. The average molecular weight is 1010 g/mol. The van der Waals surface area contributed by atoms with Crippen LogP contribution in [0.5, 0.6) is 5.75 Å². The Morgan fingerprint density at radius 1 is 0.619 bits per heavy atom. The predicted molar refractivity (Wildman–Crippen MR) is 259 cm³/mol. The summed E-state index contributed by atoms with van der Waals surface area (Å²) in [5, 5.41) is 11.8. The zero-order valence-electron chi connectivity index (χ0n) is 43.1. The van der Waals surface area contributed by atoms with E-state index in [1.165, 1.54) is 0 Å². The van der Waals surface area contributed by atoms with Gasteiger partial charge in [-0.05, 0) is 125 Å². The maximum atomic E-state index is 11.8. The van der Waals surface area contributed by atoms with Gasteiger partial charge in [0.1, 0.15) is 11.6 Å². The molecule has 0 amide bonds. The number of fused-ring (bicyclic) bond motifs is 1. The number of para-hydroxylation sites is 1. The van der Waals surface area contributed by atoms with Gasteiger partial charge in [-0.1, -0.05) is 153 Å². The number of phenols is 1. The fourth-order valence-corrected chi connectivity index (χ4v) is 8.62. The summed E-state index contributed by atoms with van der Waals surface area (Å²) in [5.41, 5.74) is 13.7. The van der Waals surface area contributed by atoms with E-state index >= 15 is 0 Å². The van der Waals surface area contributed by atoms with Crippen molar-refractivity contribution in [1.29, 1.82) is 0 Å². The molecular weight excluding hydrogens is 950 g/mol. The van der Waals surface area contributed by atoms with E-state index in [1.807, 2.05) is 141 Å². The molecule has 0 saturated carbocycles. The van der Waals surface area contributed by atoms with Crippen LogP contribution in [0.2, 0.25) is 0 Å². The van der Waals surface area contributed by atoms with Crippen LogP contribution in [0, 0.1) is 33.6 Å². The van der Waals surface area contributed by atoms with Crippen molar-refractivity contribution in [1.82, 2.24) is 14.5 Å². The second kappa shape index (κ2) is 17.8. The van der Waals surface area contributed by atoms with Gasteiger partial charge in [-0.3, -0.25) is 9.55 Å². The molecule has 5 heteroatoms. The molecule has 0 bridgehead atoms. The van der Waals surface area contributed by atoms with Crippen LogP contribution in [0.15, 0.2) is 152 Å². The molecule has 1 N–H and O–H groups in total. The normalized spacial score (nSPS) is 13.6. The van der Waals surface area contributed by atoms with Crippen LogP contribution in [-0.2, 0) is 21.1 Å². The summed E-state index contributed by atoms with van der Waals surface area (Å²) in [7, 11) is 0. The van der Waals surface area contributed by atoms with E-state index in [2.05, 4.69) is 38.1 Å². The number of phenolic OH excluding ortho intramolecular Hbond substituents is 1. The largest absolute Gasteiger partial charge is 0.507 e. The standard InChI is InChI=1S/C58H52N3O.Pt/c1-35(2)48-16-12-17-49(36(3)4)55(48)44-24-25-53(39(7)30-44)61-54-19-13-18-50(56(54)60-58(61)51-29-38(6)28-40(8)57(51)62)46-31-45(41-14-10-9-11-15-41)32-47(33-46)52-34-43(26-27-59-52)42-22-20-37(5)21-23-42;/h9-32,34-36,62H,1-8H3;/q-1;/i5D3,7D3,35D;. The first-order valence-electron chi connectivity index (χ1n) is 24.5. The Bertz CT molecular complexity index is 3410. The van der Waals surface area contributed by atoms with Crippen molar-refractivity contribution in [3.8, 4) is 78.6 Å². The van der Waals surface area contributed by atoms with Crippen LogP contribution in [0.3, 0.4) is 0 Å². The Hall–Kier alpha value is -6.35. The minimum absolute atomic E-state index is 0. The van der Waals surface area contributed by atoms with Gasteiger partial charge >= 0.3 is 0 Å². The summed E-state index contributed by atoms with van der Waals surface area (Å²) in [4.78, 5) is 10.2. The Kier molecular flexibility index (Phi) is 9.93. The fraction of sp³-hybridized carbons (Fsp3) is 0.172. The first-order valence-corrected chi connectivity index (χ1v) is 21.0. The first-order chi connectivity index (χ1) is 32.7. The molecular formula is C58H52N3OPt-. The molecule has 0 aliphatic rings. The minimum Gasteiger partial charge on any atom is -0.507 e. The van der Waals surface area contributed by atoms with Crippen LogP contribution >= 0.6 is 0 Å². The molecule has 0 aliphatic heterocycles. The van der Waals surface area contributed by atoms with Crippen molar-refractivity contribution in [3.63, 3.8) is 0 Å². The summed E-state index contributed by atoms with van der Waals surface area (Å²) in [6, 6.07) is 49.7. The molecule has 0 aliphatic carbocycles. The topological polar surface area (TPSA) is 50.9 Å². The number of imidazole rings is 1. The number of hydrogen-bond acceptors (Lipinski definition) is 3. The number of aromatic hydroxyl groups is 1. The molecule has 316 valence electrons. The Balaban J connectivity index is 0.00000659. The molecule has 2 aromatic heterocycles. The average Bonchev–Trinajstić information content (AvgIpc) is 3.71. The molecule has 63 heavy (non-hydrogen) atoms. The molecule has 9 aromatic rings. The number of pyridine rings is 1. The van der Waals surface area contributed by atoms with E-state index in [9.17, 15) is 5.11 Å². The van der Waals surface area contributed by atoms with Gasteiger partial charge in [0.2, 0.25) is 0 Å². The van der Waals surface area contributed by atoms with Crippen LogP contribution in [0.25, 0.3) is 83.9 Å². The van der Waals surface area contributed by atoms with Crippen molar-refractivity contribution in [2.75, 3.05) is 0 Å². The van der Waals surface area contributed by atoms with Gasteiger partial charge in [0, 0.05) is 42.6 Å². The van der Waals surface area contributed by atoms with E-state index in [0.29, 0.717) is 56.1 Å². The number of benzene rings is 7. The number of nitrogens with zero attached hydrogens (tertiary/aromatic N) is 3. The van der Waals surface area contributed by atoms with E-state index in [-0.39, 0.29) is 43.9 Å². The van der Waals surface area contributed by atoms with Crippen molar-refractivity contribution in [3.05, 3.63) is 191 Å². The zero-order chi connectivity index (χ0) is 49.2. The van der Waals surface area contributed by atoms with E-state index in [4.69, 9.17) is 19.6 Å². The molecule has 4 nitrogen and oxygen atoms in total. The van der Waals surface area contributed by atoms with Gasteiger partial charge in [-0.15, -0.1) is 23.8 Å². The fourth-order valence-electron chi connectivity index (χ4n) is 8.62. The number of hydrogen-bond donors (Lipinski definition) is 1. The van der Waals surface area contributed by atoms with E-state index in [0.717, 1.165) is 50.1 Å². The van der Waals surface area contributed by atoms with Gasteiger partial charge in [-0.25, -0.2) is 4.98 Å². The van der Waals surface area contributed by atoms with Crippen molar-refractivity contribution < 1.29 is 35.8 Å². The third kappa shape index (κ3) is 8.33. The second-order valence-corrected chi connectivity index (χ2v) is 16.6. The molecule has 2 heterocycles. The summed E-state index contributed by atoms with van der Waals surface area (Å²) < 4.78 is 61.7. The second-order valence-electron chi connectivity index (χ2n) is 16.6. The smallest absolute Gasteiger partial charge is 0.148 e. The van der Waals surface area contributed by atoms with Crippen LogP contribution in [0.4, 0.5) is 0 Å². The predicted octanol–water partition coefficient (Wildman–Crippen LogP) is 15.4. The molecule has 0 saturated heterocycles. The van der Waals surface area contributed by atoms with Crippen LogP contribution in [-0.4, -0.2) is 19.6 Å². The molecule has 0 fully saturated rings. The monoisotopic (exact) mass is 1010 g/mol. The molecule has 0 unspecified atom stereocenters. The Labute approximate surface area is 396 Å². The number of aryl methyl sites for hydroxylation is 4. The maximum absolute atomic E-state index is 11.8. The van der Waals surface area contributed by atoms with E-state index < -0.39 is 19.6 Å². The number of aromatic nitrogens is 3. The van der Waals surface area contributed by atoms with Gasteiger partial charge < -0.3 is 5.11 Å². The van der Waals surface area contributed by atoms with Crippen LogP contribution in [0.1, 0.15) is 82.5 Å². The van der Waals surface area contributed by atoms with Gasteiger partial charge in [0.15, 0.2) is 0 Å². The van der Waals surface area contributed by atoms with Crippen molar-refractivity contribution in [2.24, 2.45) is 0 Å². The third-order valence-corrected chi connectivity index (χ3v) is 11.7. The minimum atomic E-state index is -2.59. The summed E-state index contributed by atoms with van der Waals surface area (Å²) in [6.45, 7) is 6.90. The summed E-state index contributed by atoms with van der Waals surface area (Å²) >= 11 is 0. The first kappa shape index (κ1) is 35.1. The number of rotatable bonds is 9. The summed E-state index contributed by atoms with van der Waals surface area (Å²) in [5.74, 6) is -0.452. The zero-order valence-corrected chi connectivity index (χ0v) is 38.4. The van der Waals surface area contributed by atoms with Crippen LogP contribution < -0.4 is 0 Å². The van der Waals surface area contributed by atoms with Crippen molar-refractivity contribution in [2.45, 2.75) is 67.1 Å². The Morgan fingerprint density at radius 2 is 1.35 bits per heavy atom.